The maximum absolute atomic E-state index is 11.1. The third-order valence-electron chi connectivity index (χ3n) is 3.24. The Labute approximate surface area is 114 Å². The minimum atomic E-state index is -0.221. The molecule has 0 amide bonds. The van der Waals surface area contributed by atoms with Crippen molar-refractivity contribution in [2.24, 2.45) is 0 Å². The van der Waals surface area contributed by atoms with Crippen LogP contribution in [0.2, 0.25) is 0 Å². The van der Waals surface area contributed by atoms with Crippen LogP contribution in [-0.4, -0.2) is 25.2 Å². The highest BCUT2D eigenvalue weighted by Crippen LogP contribution is 2.18. The molecular weight excluding hydrogens is 242 g/mol. The molecule has 1 aromatic rings. The van der Waals surface area contributed by atoms with Crippen molar-refractivity contribution >= 4 is 5.97 Å². The van der Waals surface area contributed by atoms with Crippen LogP contribution in [-0.2, 0) is 4.79 Å². The van der Waals surface area contributed by atoms with Crippen molar-refractivity contribution in [3.63, 3.8) is 0 Å². The number of rotatable bonds is 6. The standard InChI is InChI=1S/C15H21NO3/c1-2-15(17)19-14-7-5-13(6-8-14)18-11-9-12-4-3-10-16-12/h5-8,12,16H,2-4,9-11H2,1H3. The summed E-state index contributed by atoms with van der Waals surface area (Å²) in [6.07, 6.45) is 3.93. The fourth-order valence-electron chi connectivity index (χ4n) is 2.13. The number of carbonyl (C=O) groups is 1. The normalized spacial score (nSPS) is 18.3. The van der Waals surface area contributed by atoms with Crippen molar-refractivity contribution in [2.45, 2.75) is 38.6 Å². The van der Waals surface area contributed by atoms with Crippen molar-refractivity contribution in [3.8, 4) is 11.5 Å². The largest absolute Gasteiger partial charge is 0.494 e. The van der Waals surface area contributed by atoms with Crippen LogP contribution in [0.1, 0.15) is 32.6 Å². The van der Waals surface area contributed by atoms with Gasteiger partial charge in [-0.15, -0.1) is 0 Å². The zero-order chi connectivity index (χ0) is 13.5. The van der Waals surface area contributed by atoms with Gasteiger partial charge in [-0.2, -0.15) is 0 Å². The van der Waals surface area contributed by atoms with E-state index in [-0.39, 0.29) is 5.97 Å². The van der Waals surface area contributed by atoms with Gasteiger partial charge in [-0.3, -0.25) is 4.79 Å². The first-order valence-electron chi connectivity index (χ1n) is 6.95. The molecule has 0 radical (unpaired) electrons. The number of hydrogen-bond acceptors (Lipinski definition) is 4. The van der Waals surface area contributed by atoms with Crippen molar-refractivity contribution in [1.82, 2.24) is 5.32 Å². The molecule has 0 saturated carbocycles. The number of esters is 1. The van der Waals surface area contributed by atoms with Gasteiger partial charge in [0.2, 0.25) is 0 Å². The Hall–Kier alpha value is -1.55. The third kappa shape index (κ3) is 4.56. The summed E-state index contributed by atoms with van der Waals surface area (Å²) in [5.74, 6) is 1.16. The number of hydrogen-bond donors (Lipinski definition) is 1. The lowest BCUT2D eigenvalue weighted by atomic mass is 10.2. The Balaban J connectivity index is 1.73. The molecule has 1 fully saturated rings. The zero-order valence-corrected chi connectivity index (χ0v) is 11.4. The Bertz CT molecular complexity index is 396. The molecule has 0 aliphatic carbocycles. The van der Waals surface area contributed by atoms with Crippen molar-refractivity contribution in [3.05, 3.63) is 24.3 Å². The minimum Gasteiger partial charge on any atom is -0.494 e. The Morgan fingerprint density at radius 2 is 2.05 bits per heavy atom. The predicted molar refractivity (Wildman–Crippen MR) is 73.5 cm³/mol. The van der Waals surface area contributed by atoms with Crippen LogP contribution < -0.4 is 14.8 Å². The molecular formula is C15H21NO3. The number of nitrogens with one attached hydrogen (secondary N) is 1. The molecule has 0 bridgehead atoms. The molecule has 1 aromatic carbocycles. The van der Waals surface area contributed by atoms with E-state index in [1.165, 1.54) is 12.8 Å². The maximum atomic E-state index is 11.1. The summed E-state index contributed by atoms with van der Waals surface area (Å²) in [6, 6.07) is 7.79. The van der Waals surface area contributed by atoms with Crippen LogP contribution in [0, 0.1) is 0 Å². The summed E-state index contributed by atoms with van der Waals surface area (Å²) in [5.41, 5.74) is 0. The second kappa shape index (κ2) is 7.14. The van der Waals surface area contributed by atoms with Gasteiger partial charge in [0.05, 0.1) is 6.61 Å². The van der Waals surface area contributed by atoms with Gasteiger partial charge in [0.15, 0.2) is 0 Å². The molecule has 19 heavy (non-hydrogen) atoms. The Morgan fingerprint density at radius 3 is 2.68 bits per heavy atom. The average Bonchev–Trinajstić information content (AvgIpc) is 2.94. The van der Waals surface area contributed by atoms with E-state index in [9.17, 15) is 4.79 Å². The minimum absolute atomic E-state index is 0.221. The molecule has 2 rings (SSSR count). The molecule has 104 valence electrons. The van der Waals surface area contributed by atoms with Gasteiger partial charge >= 0.3 is 5.97 Å². The fourth-order valence-corrected chi connectivity index (χ4v) is 2.13. The first-order valence-corrected chi connectivity index (χ1v) is 6.95. The molecule has 1 N–H and O–H groups in total. The summed E-state index contributed by atoms with van der Waals surface area (Å²) in [7, 11) is 0. The zero-order valence-electron chi connectivity index (χ0n) is 11.4. The SMILES string of the molecule is CCC(=O)Oc1ccc(OCCC2CCCN2)cc1. The highest BCUT2D eigenvalue weighted by Gasteiger charge is 2.13. The summed E-state index contributed by atoms with van der Waals surface area (Å²) in [6.45, 7) is 3.62. The van der Waals surface area contributed by atoms with E-state index in [0.29, 0.717) is 24.8 Å². The van der Waals surface area contributed by atoms with E-state index in [1.54, 1.807) is 19.1 Å². The molecule has 1 aliphatic rings. The van der Waals surface area contributed by atoms with Crippen LogP contribution in [0.25, 0.3) is 0 Å². The van der Waals surface area contributed by atoms with Gasteiger partial charge in [0.1, 0.15) is 11.5 Å². The Morgan fingerprint density at radius 1 is 1.32 bits per heavy atom. The van der Waals surface area contributed by atoms with Gasteiger partial charge in [-0.25, -0.2) is 0 Å². The smallest absolute Gasteiger partial charge is 0.310 e. The summed E-state index contributed by atoms with van der Waals surface area (Å²) < 4.78 is 10.8. The lowest BCUT2D eigenvalue weighted by Crippen LogP contribution is -2.23. The van der Waals surface area contributed by atoms with Gasteiger partial charge in [0, 0.05) is 12.5 Å². The third-order valence-corrected chi connectivity index (χ3v) is 3.24. The summed E-state index contributed by atoms with van der Waals surface area (Å²) in [5, 5.41) is 3.44. The topological polar surface area (TPSA) is 47.6 Å². The number of ether oxygens (including phenoxy) is 2. The molecule has 1 aliphatic heterocycles. The highest BCUT2D eigenvalue weighted by molar-refractivity contribution is 5.71. The van der Waals surface area contributed by atoms with Crippen LogP contribution in [0.3, 0.4) is 0 Å². The number of carbonyl (C=O) groups excluding carboxylic acids is 1. The van der Waals surface area contributed by atoms with E-state index in [0.717, 1.165) is 18.7 Å². The maximum Gasteiger partial charge on any atom is 0.310 e. The molecule has 0 aromatic heterocycles. The fraction of sp³-hybridized carbons (Fsp3) is 0.533. The monoisotopic (exact) mass is 263 g/mol. The molecule has 1 atom stereocenters. The average molecular weight is 263 g/mol. The van der Waals surface area contributed by atoms with Crippen molar-refractivity contribution in [1.29, 1.82) is 0 Å². The van der Waals surface area contributed by atoms with Crippen LogP contribution in [0.4, 0.5) is 0 Å². The molecule has 4 nitrogen and oxygen atoms in total. The second-order valence-electron chi connectivity index (χ2n) is 4.73. The molecule has 1 unspecified atom stereocenters. The molecule has 0 spiro atoms. The summed E-state index contributed by atoms with van der Waals surface area (Å²) in [4.78, 5) is 11.1. The lowest BCUT2D eigenvalue weighted by Gasteiger charge is -2.11. The van der Waals surface area contributed by atoms with E-state index in [2.05, 4.69) is 5.32 Å². The van der Waals surface area contributed by atoms with E-state index in [1.807, 2.05) is 12.1 Å². The van der Waals surface area contributed by atoms with Gasteiger partial charge in [0.25, 0.3) is 0 Å². The van der Waals surface area contributed by atoms with Crippen molar-refractivity contribution < 1.29 is 14.3 Å². The predicted octanol–water partition coefficient (Wildman–Crippen LogP) is 2.52. The molecule has 1 saturated heterocycles. The first-order chi connectivity index (χ1) is 9.28. The van der Waals surface area contributed by atoms with Gasteiger partial charge in [-0.1, -0.05) is 6.92 Å². The van der Waals surface area contributed by atoms with E-state index >= 15 is 0 Å². The van der Waals surface area contributed by atoms with Gasteiger partial charge < -0.3 is 14.8 Å². The van der Waals surface area contributed by atoms with Crippen LogP contribution in [0.5, 0.6) is 11.5 Å². The van der Waals surface area contributed by atoms with Gasteiger partial charge in [-0.05, 0) is 50.1 Å². The molecule has 1 heterocycles. The quantitative estimate of drug-likeness (QED) is 0.633. The second-order valence-corrected chi connectivity index (χ2v) is 4.73. The number of benzene rings is 1. The van der Waals surface area contributed by atoms with Crippen molar-refractivity contribution in [2.75, 3.05) is 13.2 Å². The first kappa shape index (κ1) is 13.9. The van der Waals surface area contributed by atoms with E-state index in [4.69, 9.17) is 9.47 Å². The Kier molecular flexibility index (Phi) is 5.21. The lowest BCUT2D eigenvalue weighted by molar-refractivity contribution is -0.134. The van der Waals surface area contributed by atoms with Crippen LogP contribution >= 0.6 is 0 Å². The van der Waals surface area contributed by atoms with E-state index < -0.39 is 0 Å². The molecule has 4 heteroatoms. The highest BCUT2D eigenvalue weighted by atomic mass is 16.5. The van der Waals surface area contributed by atoms with Crippen LogP contribution in [0.15, 0.2) is 24.3 Å². The summed E-state index contributed by atoms with van der Waals surface area (Å²) >= 11 is 0.